The fourth-order valence-corrected chi connectivity index (χ4v) is 2.64. The molecule has 0 aromatic rings. The van der Waals surface area contributed by atoms with E-state index in [-0.39, 0.29) is 6.42 Å². The van der Waals surface area contributed by atoms with E-state index in [1.54, 1.807) is 6.08 Å². The van der Waals surface area contributed by atoms with Crippen molar-refractivity contribution in [2.45, 2.75) is 77.2 Å². The molecule has 0 radical (unpaired) electrons. The Morgan fingerprint density at radius 2 is 1.89 bits per heavy atom. The molecule has 0 rings (SSSR count). The molecule has 0 bridgehead atoms. The molecule has 0 fully saturated rings. The number of aliphatic hydroxyl groups is 1. The number of hydrogen-bond acceptors (Lipinski definition) is 2. The number of rotatable bonds is 13. The molecule has 0 heterocycles. The van der Waals surface area contributed by atoms with E-state index in [9.17, 15) is 9.90 Å². The molecule has 0 aliphatic rings. The number of unbranched alkanes of at least 4 members (excludes halogenated alkanes) is 5. The second-order valence-electron chi connectivity index (χ2n) is 6.17. The van der Waals surface area contributed by atoms with Crippen molar-refractivity contribution in [3.05, 3.63) is 34.9 Å². The number of aliphatic carboxylic acids is 1. The summed E-state index contributed by atoms with van der Waals surface area (Å²) in [5, 5.41) is 18.4. The van der Waals surface area contributed by atoms with Crippen molar-refractivity contribution < 1.29 is 15.0 Å². The standard InChI is InChI=1S/C23H31BrO3/c1-2-3-14-17-21(24)20-22(25)18-15-12-10-8-6-4-5-7-9-11-13-16-19-23(26)27/h4-5,14,17,20,22,25H,2-3,6,8,10,12,15-16,18-19H2,1H3,(H,26,27). The number of carboxylic acids is 1. The van der Waals surface area contributed by atoms with Crippen LogP contribution in [0.4, 0.5) is 0 Å². The summed E-state index contributed by atoms with van der Waals surface area (Å²) in [5.74, 6) is 10.0. The summed E-state index contributed by atoms with van der Waals surface area (Å²) in [7, 11) is 0. The van der Waals surface area contributed by atoms with Crippen LogP contribution in [0.25, 0.3) is 0 Å². The molecule has 0 spiro atoms. The van der Waals surface area contributed by atoms with Crippen LogP contribution < -0.4 is 0 Å². The fraction of sp³-hybridized carbons (Fsp3) is 0.522. The summed E-state index contributed by atoms with van der Waals surface area (Å²) >= 11 is 3.46. The third kappa shape index (κ3) is 20.4. The zero-order valence-electron chi connectivity index (χ0n) is 16.2. The number of carbonyl (C=O) groups is 1. The Morgan fingerprint density at radius 3 is 2.63 bits per heavy atom. The number of hydrogen-bond donors (Lipinski definition) is 2. The molecule has 27 heavy (non-hydrogen) atoms. The number of allylic oxidation sites excluding steroid dienone is 5. The normalized spacial score (nSPS) is 12.5. The van der Waals surface area contributed by atoms with E-state index in [2.05, 4.69) is 52.6 Å². The van der Waals surface area contributed by atoms with Gasteiger partial charge < -0.3 is 10.2 Å². The Hall–Kier alpha value is -1.75. The molecule has 0 saturated heterocycles. The van der Waals surface area contributed by atoms with E-state index in [0.29, 0.717) is 6.42 Å². The van der Waals surface area contributed by atoms with Crippen molar-refractivity contribution in [1.29, 1.82) is 0 Å². The maximum atomic E-state index is 10.3. The summed E-state index contributed by atoms with van der Waals surface area (Å²) in [6, 6.07) is 0. The molecule has 0 aliphatic heterocycles. The first-order valence-electron chi connectivity index (χ1n) is 9.63. The van der Waals surface area contributed by atoms with Crippen molar-refractivity contribution in [3.63, 3.8) is 0 Å². The zero-order valence-corrected chi connectivity index (χ0v) is 17.8. The Kier molecular flexibility index (Phi) is 17.8. The van der Waals surface area contributed by atoms with E-state index < -0.39 is 12.1 Å². The van der Waals surface area contributed by atoms with Gasteiger partial charge in [-0.3, -0.25) is 4.79 Å². The fourth-order valence-electron chi connectivity index (χ4n) is 2.15. The van der Waals surface area contributed by atoms with E-state index in [1.165, 1.54) is 0 Å². The first-order chi connectivity index (χ1) is 13.1. The highest BCUT2D eigenvalue weighted by atomic mass is 79.9. The summed E-state index contributed by atoms with van der Waals surface area (Å²) in [4.78, 5) is 10.3. The first kappa shape index (κ1) is 25.2. The number of aliphatic hydroxyl groups excluding tert-OH is 1. The van der Waals surface area contributed by atoms with E-state index in [0.717, 1.165) is 55.8 Å². The molecule has 3 nitrogen and oxygen atoms in total. The van der Waals surface area contributed by atoms with Crippen molar-refractivity contribution >= 4 is 21.9 Å². The van der Waals surface area contributed by atoms with Crippen LogP contribution in [0.3, 0.4) is 0 Å². The van der Waals surface area contributed by atoms with Crippen LogP contribution in [-0.2, 0) is 4.79 Å². The minimum absolute atomic E-state index is 0.0606. The van der Waals surface area contributed by atoms with Crippen LogP contribution in [0.15, 0.2) is 34.9 Å². The lowest BCUT2D eigenvalue weighted by atomic mass is 10.1. The van der Waals surface area contributed by atoms with Crippen LogP contribution in [0, 0.1) is 23.7 Å². The second-order valence-corrected chi connectivity index (χ2v) is 7.08. The van der Waals surface area contributed by atoms with Crippen LogP contribution >= 0.6 is 15.9 Å². The lowest BCUT2D eigenvalue weighted by molar-refractivity contribution is -0.136. The van der Waals surface area contributed by atoms with Gasteiger partial charge in [0.1, 0.15) is 0 Å². The molecule has 0 aromatic carbocycles. The van der Waals surface area contributed by atoms with Crippen LogP contribution in [0.1, 0.15) is 71.1 Å². The van der Waals surface area contributed by atoms with E-state index >= 15 is 0 Å². The molecule has 0 amide bonds. The highest BCUT2D eigenvalue weighted by Crippen LogP contribution is 2.13. The number of halogens is 1. The molecule has 4 heteroatoms. The van der Waals surface area contributed by atoms with Gasteiger partial charge in [-0.05, 0) is 49.7 Å². The molecule has 148 valence electrons. The third-order valence-electron chi connectivity index (χ3n) is 3.59. The Bertz CT molecular complexity index is 609. The van der Waals surface area contributed by atoms with Gasteiger partial charge in [0, 0.05) is 10.9 Å². The van der Waals surface area contributed by atoms with Gasteiger partial charge in [0.2, 0.25) is 0 Å². The van der Waals surface area contributed by atoms with Crippen molar-refractivity contribution in [1.82, 2.24) is 0 Å². The monoisotopic (exact) mass is 434 g/mol. The average Bonchev–Trinajstić information content (AvgIpc) is 2.62. The van der Waals surface area contributed by atoms with Gasteiger partial charge in [0.25, 0.3) is 0 Å². The molecule has 1 atom stereocenters. The van der Waals surface area contributed by atoms with Crippen LogP contribution in [0.5, 0.6) is 0 Å². The Balaban J connectivity index is 3.69. The van der Waals surface area contributed by atoms with Gasteiger partial charge in [-0.1, -0.05) is 78.6 Å². The van der Waals surface area contributed by atoms with E-state index in [4.69, 9.17) is 5.11 Å². The average molecular weight is 435 g/mol. The molecular formula is C23H31BrO3. The molecule has 2 N–H and O–H groups in total. The second kappa shape index (κ2) is 19.0. The maximum Gasteiger partial charge on any atom is 0.304 e. The molecular weight excluding hydrogens is 404 g/mol. The quantitative estimate of drug-likeness (QED) is 0.220. The summed E-state index contributed by atoms with van der Waals surface area (Å²) in [6.07, 6.45) is 18.1. The van der Waals surface area contributed by atoms with Gasteiger partial charge in [-0.25, -0.2) is 0 Å². The van der Waals surface area contributed by atoms with Gasteiger partial charge in [-0.2, -0.15) is 0 Å². The predicted octanol–water partition coefficient (Wildman–Crippen LogP) is 5.75. The lowest BCUT2D eigenvalue weighted by Crippen LogP contribution is -2.02. The maximum absolute atomic E-state index is 10.3. The lowest BCUT2D eigenvalue weighted by Gasteiger charge is -2.05. The van der Waals surface area contributed by atoms with Gasteiger partial charge in [0.05, 0.1) is 12.5 Å². The van der Waals surface area contributed by atoms with Gasteiger partial charge in [0.15, 0.2) is 0 Å². The summed E-state index contributed by atoms with van der Waals surface area (Å²) in [5.41, 5.74) is 0. The Morgan fingerprint density at radius 1 is 1.11 bits per heavy atom. The third-order valence-corrected chi connectivity index (χ3v) is 4.12. The van der Waals surface area contributed by atoms with Crippen LogP contribution in [-0.4, -0.2) is 22.3 Å². The molecule has 1 unspecified atom stereocenters. The Labute approximate surface area is 172 Å². The molecule has 0 aromatic heterocycles. The largest absolute Gasteiger partial charge is 0.481 e. The molecule has 0 saturated carbocycles. The smallest absolute Gasteiger partial charge is 0.304 e. The molecule has 0 aliphatic carbocycles. The van der Waals surface area contributed by atoms with E-state index in [1.807, 2.05) is 18.2 Å². The topological polar surface area (TPSA) is 57.5 Å². The zero-order chi connectivity index (χ0) is 20.2. The minimum atomic E-state index is -0.837. The van der Waals surface area contributed by atoms with Crippen molar-refractivity contribution in [2.24, 2.45) is 0 Å². The summed E-state index contributed by atoms with van der Waals surface area (Å²) in [6.45, 7) is 2.14. The highest BCUT2D eigenvalue weighted by molar-refractivity contribution is 9.11. The first-order valence-corrected chi connectivity index (χ1v) is 10.4. The van der Waals surface area contributed by atoms with Gasteiger partial charge in [-0.15, -0.1) is 0 Å². The summed E-state index contributed by atoms with van der Waals surface area (Å²) < 4.78 is 0.946. The number of carboxylic acid groups (broad SMARTS) is 1. The minimum Gasteiger partial charge on any atom is -0.481 e. The van der Waals surface area contributed by atoms with Crippen LogP contribution in [0.2, 0.25) is 0 Å². The SMILES string of the molecule is CCCC=CC(Br)=CC(O)CCCCCCC=CC#CC#CCCC(=O)O. The van der Waals surface area contributed by atoms with Crippen molar-refractivity contribution in [2.75, 3.05) is 0 Å². The highest BCUT2D eigenvalue weighted by Gasteiger charge is 2.00. The van der Waals surface area contributed by atoms with Crippen molar-refractivity contribution in [3.8, 4) is 23.7 Å². The van der Waals surface area contributed by atoms with Gasteiger partial charge >= 0.3 is 5.97 Å². The predicted molar refractivity (Wildman–Crippen MR) is 116 cm³/mol.